The number of aromatic hydroxyl groups is 1. The predicted molar refractivity (Wildman–Crippen MR) is 168 cm³/mol. The van der Waals surface area contributed by atoms with E-state index in [9.17, 15) is 24.6 Å². The van der Waals surface area contributed by atoms with Crippen molar-refractivity contribution >= 4 is 17.5 Å². The minimum atomic E-state index is -0.868. The van der Waals surface area contributed by atoms with Gasteiger partial charge in [0.25, 0.3) is 0 Å². The Hall–Kier alpha value is -3.14. The highest BCUT2D eigenvalue weighted by atomic mass is 16.3. The van der Waals surface area contributed by atoms with Crippen LogP contribution < -0.4 is 16.8 Å². The van der Waals surface area contributed by atoms with Gasteiger partial charge in [-0.15, -0.1) is 0 Å². The zero-order chi connectivity index (χ0) is 31.7. The van der Waals surface area contributed by atoms with Gasteiger partial charge in [0.05, 0.1) is 29.9 Å². The molecular weight excluding hydrogens is 544 g/mol. The van der Waals surface area contributed by atoms with Gasteiger partial charge in [-0.3, -0.25) is 19.4 Å². The molecule has 1 aromatic heterocycles. The molecule has 0 radical (unpaired) electrons. The lowest BCUT2D eigenvalue weighted by Gasteiger charge is -2.30. The first-order valence-electron chi connectivity index (χ1n) is 15.8. The van der Waals surface area contributed by atoms with Gasteiger partial charge in [0, 0.05) is 29.3 Å². The summed E-state index contributed by atoms with van der Waals surface area (Å²) in [5.41, 5.74) is 13.1. The molecule has 1 saturated carbocycles. The van der Waals surface area contributed by atoms with E-state index < -0.39 is 29.9 Å². The summed E-state index contributed by atoms with van der Waals surface area (Å²) in [5, 5.41) is 24.3. The van der Waals surface area contributed by atoms with Crippen molar-refractivity contribution in [2.75, 3.05) is 0 Å². The van der Waals surface area contributed by atoms with Gasteiger partial charge in [-0.2, -0.15) is 0 Å². The number of nitrogens with one attached hydrogen (secondary N) is 1. The number of carbonyl (C=O) groups excluding carboxylic acids is 3. The van der Waals surface area contributed by atoms with Crippen molar-refractivity contribution in [3.05, 3.63) is 58.9 Å². The van der Waals surface area contributed by atoms with Gasteiger partial charge in [0.15, 0.2) is 11.6 Å². The monoisotopic (exact) mass is 594 g/mol. The van der Waals surface area contributed by atoms with Gasteiger partial charge < -0.3 is 27.0 Å². The van der Waals surface area contributed by atoms with E-state index in [0.29, 0.717) is 11.6 Å². The molecule has 9 heteroatoms. The predicted octanol–water partition coefficient (Wildman–Crippen LogP) is 4.51. The number of ketones is 2. The third-order valence-corrected chi connectivity index (χ3v) is 9.08. The zero-order valence-corrected chi connectivity index (χ0v) is 26.1. The summed E-state index contributed by atoms with van der Waals surface area (Å²) in [7, 11) is 0. The molecule has 2 aromatic rings. The van der Waals surface area contributed by atoms with E-state index in [1.54, 1.807) is 12.1 Å². The zero-order valence-electron chi connectivity index (χ0n) is 26.1. The lowest BCUT2D eigenvalue weighted by atomic mass is 9.79. The second-order valence-electron chi connectivity index (χ2n) is 12.6. The number of phenolic OH excluding ortho intramolecular Hbond substituents is 1. The highest BCUT2D eigenvalue weighted by Crippen LogP contribution is 2.31. The van der Waals surface area contributed by atoms with E-state index in [1.807, 2.05) is 27.7 Å². The Morgan fingerprint density at radius 3 is 2.33 bits per heavy atom. The number of aliphatic hydroxyl groups excluding tert-OH is 1. The summed E-state index contributed by atoms with van der Waals surface area (Å²) in [6.07, 6.45) is 7.98. The maximum Gasteiger partial charge on any atom is 0.237 e. The maximum absolute atomic E-state index is 14.1. The van der Waals surface area contributed by atoms with Gasteiger partial charge in [0.2, 0.25) is 5.91 Å². The third-order valence-electron chi connectivity index (χ3n) is 9.08. The number of hydrogen-bond acceptors (Lipinski definition) is 8. The number of nitrogens with two attached hydrogens (primary N) is 2. The molecule has 43 heavy (non-hydrogen) atoms. The molecule has 3 rings (SSSR count). The van der Waals surface area contributed by atoms with Crippen LogP contribution in [0.15, 0.2) is 36.5 Å². The van der Waals surface area contributed by atoms with E-state index >= 15 is 0 Å². The molecule has 1 aliphatic rings. The van der Waals surface area contributed by atoms with Gasteiger partial charge in [0.1, 0.15) is 5.75 Å². The van der Waals surface area contributed by atoms with Gasteiger partial charge in [-0.05, 0) is 48.8 Å². The molecule has 0 bridgehead atoms. The maximum atomic E-state index is 14.1. The summed E-state index contributed by atoms with van der Waals surface area (Å²) in [6, 6.07) is 6.51. The number of phenols is 1. The molecule has 0 spiro atoms. The van der Waals surface area contributed by atoms with Gasteiger partial charge in [-0.25, -0.2) is 0 Å². The number of amides is 1. The molecule has 9 nitrogen and oxygen atoms in total. The first-order valence-corrected chi connectivity index (χ1v) is 15.8. The molecular formula is C34H50N4O5. The highest BCUT2D eigenvalue weighted by Gasteiger charge is 2.33. The number of hydrogen-bond donors (Lipinski definition) is 5. The normalized spacial score (nSPS) is 17.6. The molecule has 1 heterocycles. The first-order chi connectivity index (χ1) is 20.4. The van der Waals surface area contributed by atoms with Gasteiger partial charge >= 0.3 is 0 Å². The Morgan fingerprint density at radius 1 is 1.02 bits per heavy atom. The number of pyridine rings is 1. The largest absolute Gasteiger partial charge is 0.507 e. The van der Waals surface area contributed by atoms with E-state index in [1.165, 1.54) is 43.7 Å². The van der Waals surface area contributed by atoms with E-state index in [2.05, 4.69) is 10.3 Å². The summed E-state index contributed by atoms with van der Waals surface area (Å²) in [4.78, 5) is 44.8. The fourth-order valence-corrected chi connectivity index (χ4v) is 5.88. The van der Waals surface area contributed by atoms with Crippen LogP contribution in [0.4, 0.5) is 0 Å². The topological polar surface area (TPSA) is 169 Å². The lowest BCUT2D eigenvalue weighted by Crippen LogP contribution is -2.44. The van der Waals surface area contributed by atoms with Crippen LogP contribution in [0, 0.1) is 23.7 Å². The van der Waals surface area contributed by atoms with Crippen molar-refractivity contribution < 1.29 is 24.6 Å². The number of Topliss-reactive ketones (excluding diaryl/α,β-unsaturated/α-hetero) is 1. The van der Waals surface area contributed by atoms with Crippen molar-refractivity contribution in [2.24, 2.45) is 35.1 Å². The minimum absolute atomic E-state index is 0.00903. The fraction of sp³-hybridized carbons (Fsp3) is 0.588. The summed E-state index contributed by atoms with van der Waals surface area (Å²) < 4.78 is 0. The van der Waals surface area contributed by atoms with Crippen molar-refractivity contribution in [1.82, 2.24) is 10.3 Å². The molecule has 1 amide bonds. The highest BCUT2D eigenvalue weighted by molar-refractivity contribution is 6.17. The molecule has 1 aromatic carbocycles. The summed E-state index contributed by atoms with van der Waals surface area (Å²) in [6.45, 7) is 7.69. The number of benzene rings is 1. The number of aromatic nitrogens is 1. The number of rotatable bonds is 15. The first kappa shape index (κ1) is 34.4. The molecule has 236 valence electrons. The Morgan fingerprint density at radius 2 is 1.70 bits per heavy atom. The van der Waals surface area contributed by atoms with Crippen molar-refractivity contribution in [3.8, 4) is 5.75 Å². The number of aliphatic hydroxyl groups is 1. The van der Waals surface area contributed by atoms with Crippen LogP contribution in [0.1, 0.15) is 111 Å². The molecule has 0 saturated heterocycles. The average Bonchev–Trinajstić information content (AvgIpc) is 3.01. The molecule has 1 aliphatic carbocycles. The summed E-state index contributed by atoms with van der Waals surface area (Å²) >= 11 is 0. The number of para-hydroxylation sites is 1. The van der Waals surface area contributed by atoms with Crippen LogP contribution in [-0.4, -0.2) is 50.9 Å². The Kier molecular flexibility index (Phi) is 12.8. The van der Waals surface area contributed by atoms with Crippen LogP contribution in [-0.2, 0) is 11.3 Å². The minimum Gasteiger partial charge on any atom is -0.507 e. The Balaban J connectivity index is 1.88. The SMILES string of the molecule is CC[C@H](C)[C@H](N)C(=O)NCc1cc(C(=O)c2ccccc2O)c(C(=O)C(C[C@H](O)[C@@H](N)CC2CCCCC2)C(C)C)cn1. The average molecular weight is 595 g/mol. The second kappa shape index (κ2) is 16.1. The number of carbonyl (C=O) groups is 3. The Bertz CT molecular complexity index is 1240. The standard InChI is InChI=1S/C34H50N4O5/c1-5-21(4)31(36)34(43)38-18-23-16-26(32(41)24-13-9-10-14-29(24)39)27(19-37-23)33(42)25(20(2)3)17-30(40)28(35)15-22-11-7-6-8-12-22/h9-10,13-14,16,19-22,25,28,30-31,39-40H,5-8,11-12,15,17-18,35-36H2,1-4H3,(H,38,43)/t21-,25?,28-,30-,31-/m0/s1. The molecule has 1 fully saturated rings. The van der Waals surface area contributed by atoms with Gasteiger partial charge in [-0.1, -0.05) is 78.4 Å². The summed E-state index contributed by atoms with van der Waals surface area (Å²) in [5.74, 6) is -1.66. The van der Waals surface area contributed by atoms with Crippen LogP contribution in [0.3, 0.4) is 0 Å². The lowest BCUT2D eigenvalue weighted by molar-refractivity contribution is -0.123. The third kappa shape index (κ3) is 9.17. The van der Waals surface area contributed by atoms with Crippen LogP contribution in [0.5, 0.6) is 5.75 Å². The fourth-order valence-electron chi connectivity index (χ4n) is 5.88. The van der Waals surface area contributed by atoms with Crippen LogP contribution in [0.25, 0.3) is 0 Å². The van der Waals surface area contributed by atoms with Crippen LogP contribution in [0.2, 0.25) is 0 Å². The van der Waals surface area contributed by atoms with E-state index in [-0.39, 0.29) is 58.9 Å². The molecule has 0 aliphatic heterocycles. The second-order valence-corrected chi connectivity index (χ2v) is 12.6. The quantitative estimate of drug-likeness (QED) is 0.188. The molecule has 7 N–H and O–H groups in total. The smallest absolute Gasteiger partial charge is 0.237 e. The van der Waals surface area contributed by atoms with E-state index in [4.69, 9.17) is 11.5 Å². The van der Waals surface area contributed by atoms with Crippen molar-refractivity contribution in [2.45, 2.75) is 104 Å². The van der Waals surface area contributed by atoms with Crippen LogP contribution >= 0.6 is 0 Å². The Labute approximate surface area is 255 Å². The van der Waals surface area contributed by atoms with Crippen molar-refractivity contribution in [3.63, 3.8) is 0 Å². The van der Waals surface area contributed by atoms with E-state index in [0.717, 1.165) is 25.7 Å². The van der Waals surface area contributed by atoms with Crippen molar-refractivity contribution in [1.29, 1.82) is 0 Å². The molecule has 1 unspecified atom stereocenters. The number of nitrogens with zero attached hydrogens (tertiary/aromatic N) is 1. The molecule has 5 atom stereocenters.